The smallest absolute Gasteiger partial charge is 0.276 e. The van der Waals surface area contributed by atoms with E-state index < -0.39 is 27.3 Å². The van der Waals surface area contributed by atoms with Gasteiger partial charge in [0.05, 0.1) is 11.1 Å². The summed E-state index contributed by atoms with van der Waals surface area (Å²) in [5, 5.41) is 11.5. The Morgan fingerprint density at radius 2 is 2.28 bits per heavy atom. The van der Waals surface area contributed by atoms with Crippen LogP contribution in [0.1, 0.15) is 29.4 Å². The number of hydrogen-bond donors (Lipinski definition) is 2. The number of amides is 1. The number of aromatic nitrogens is 1. The first kappa shape index (κ1) is 20.6. The second kappa shape index (κ2) is 7.35. The van der Waals surface area contributed by atoms with Gasteiger partial charge in [-0.2, -0.15) is 5.26 Å². The number of anilines is 1. The summed E-state index contributed by atoms with van der Waals surface area (Å²) in [6.45, 7) is 5.31. The van der Waals surface area contributed by atoms with Gasteiger partial charge in [0, 0.05) is 18.9 Å². The maximum atomic E-state index is 13.5. The Hall–Kier alpha value is -3.16. The van der Waals surface area contributed by atoms with Crippen LogP contribution in [0.3, 0.4) is 0 Å². The maximum absolute atomic E-state index is 13.5. The Kier molecular flexibility index (Phi) is 5.21. The SMILES string of the molecule is C=CC[C@@]1(C)COc2c(cn(C)c2C(=O)Nc2ccc(F)c(C#N)c2)S(=O)(=O)N1. The molecule has 0 aliphatic carbocycles. The molecule has 1 aromatic heterocycles. The third-order valence-electron chi connectivity index (χ3n) is 4.46. The number of nitriles is 1. The number of hydrogen-bond acceptors (Lipinski definition) is 5. The summed E-state index contributed by atoms with van der Waals surface area (Å²) in [4.78, 5) is 12.7. The predicted molar refractivity (Wildman–Crippen MR) is 104 cm³/mol. The van der Waals surface area contributed by atoms with Crippen molar-refractivity contribution in [3.63, 3.8) is 0 Å². The van der Waals surface area contributed by atoms with Crippen LogP contribution < -0.4 is 14.8 Å². The minimum Gasteiger partial charge on any atom is -0.488 e. The van der Waals surface area contributed by atoms with Crippen molar-refractivity contribution in [3.05, 3.63) is 54.1 Å². The number of nitrogens with zero attached hydrogens (tertiary/aromatic N) is 2. The molecule has 0 radical (unpaired) electrons. The molecule has 10 heteroatoms. The molecule has 0 saturated carbocycles. The molecule has 1 atom stereocenters. The summed E-state index contributed by atoms with van der Waals surface area (Å²) in [7, 11) is -2.44. The van der Waals surface area contributed by atoms with Crippen LogP contribution in [0, 0.1) is 17.1 Å². The van der Waals surface area contributed by atoms with Gasteiger partial charge in [-0.3, -0.25) is 4.79 Å². The molecule has 2 N–H and O–H groups in total. The van der Waals surface area contributed by atoms with E-state index in [0.717, 1.165) is 6.07 Å². The van der Waals surface area contributed by atoms with E-state index in [-0.39, 0.29) is 34.2 Å². The molecule has 8 nitrogen and oxygen atoms in total. The van der Waals surface area contributed by atoms with Crippen molar-refractivity contribution in [2.45, 2.75) is 23.8 Å². The highest BCUT2D eigenvalue weighted by atomic mass is 32.2. The summed E-state index contributed by atoms with van der Waals surface area (Å²) in [5.74, 6) is -1.44. The minimum atomic E-state index is -3.95. The van der Waals surface area contributed by atoms with E-state index in [9.17, 15) is 17.6 Å². The number of carbonyl (C=O) groups excluding carboxylic acids is 1. The average Bonchev–Trinajstić information content (AvgIpc) is 2.94. The summed E-state index contributed by atoms with van der Waals surface area (Å²) in [6, 6.07) is 5.25. The first-order chi connectivity index (χ1) is 13.6. The van der Waals surface area contributed by atoms with Gasteiger partial charge in [-0.25, -0.2) is 17.5 Å². The highest BCUT2D eigenvalue weighted by molar-refractivity contribution is 7.89. The van der Waals surface area contributed by atoms with Gasteiger partial charge in [-0.1, -0.05) is 6.08 Å². The van der Waals surface area contributed by atoms with Crippen LogP contribution in [0.5, 0.6) is 5.75 Å². The number of ether oxygens (including phenoxy) is 1. The molecule has 2 heterocycles. The number of benzene rings is 1. The highest BCUT2D eigenvalue weighted by Gasteiger charge is 2.39. The van der Waals surface area contributed by atoms with Crippen molar-refractivity contribution in [1.82, 2.24) is 9.29 Å². The Balaban J connectivity index is 1.99. The van der Waals surface area contributed by atoms with Crippen LogP contribution in [-0.4, -0.2) is 31.0 Å². The van der Waals surface area contributed by atoms with Gasteiger partial charge in [-0.15, -0.1) is 6.58 Å². The fraction of sp³-hybridized carbons (Fsp3) is 0.263. The van der Waals surface area contributed by atoms with Gasteiger partial charge in [0.2, 0.25) is 10.0 Å². The molecular formula is C19H19FN4O4S. The zero-order valence-corrected chi connectivity index (χ0v) is 16.6. The van der Waals surface area contributed by atoms with Crippen molar-refractivity contribution < 1.29 is 22.3 Å². The van der Waals surface area contributed by atoms with Crippen molar-refractivity contribution in [2.24, 2.45) is 7.05 Å². The van der Waals surface area contributed by atoms with Gasteiger partial charge in [0.1, 0.15) is 23.4 Å². The lowest BCUT2D eigenvalue weighted by atomic mass is 10.0. The molecular weight excluding hydrogens is 399 g/mol. The topological polar surface area (TPSA) is 113 Å². The molecule has 1 amide bonds. The first-order valence-electron chi connectivity index (χ1n) is 8.58. The Bertz CT molecular complexity index is 1150. The lowest BCUT2D eigenvalue weighted by Gasteiger charge is -2.26. The zero-order chi connectivity index (χ0) is 21.4. The first-order valence-corrected chi connectivity index (χ1v) is 10.1. The van der Waals surface area contributed by atoms with Crippen LogP contribution in [-0.2, 0) is 17.1 Å². The number of rotatable bonds is 4. The highest BCUT2D eigenvalue weighted by Crippen LogP contribution is 2.35. The number of carbonyl (C=O) groups is 1. The van der Waals surface area contributed by atoms with Crippen LogP contribution in [0.15, 0.2) is 41.9 Å². The van der Waals surface area contributed by atoms with E-state index >= 15 is 0 Å². The van der Waals surface area contributed by atoms with E-state index in [2.05, 4.69) is 16.6 Å². The number of fused-ring (bicyclic) bond motifs is 1. The lowest BCUT2D eigenvalue weighted by Crippen LogP contribution is -2.48. The molecule has 29 heavy (non-hydrogen) atoms. The Labute approximate surface area is 167 Å². The second-order valence-corrected chi connectivity index (χ2v) is 8.64. The molecule has 0 unspecified atom stereocenters. The standard InChI is InChI=1S/C19H19FN4O4S/c1-4-7-19(2)11-28-17-15(29(26,27)23-19)10-24(3)16(17)18(25)22-13-5-6-14(20)12(8-13)9-21/h4-6,8,10,23H,1,7,11H2,2-3H3,(H,22,25)/t19-/m0/s1. The molecule has 0 fully saturated rings. The molecule has 0 spiro atoms. The number of sulfonamides is 1. The van der Waals surface area contributed by atoms with E-state index in [1.54, 1.807) is 19.1 Å². The van der Waals surface area contributed by atoms with Crippen molar-refractivity contribution in [3.8, 4) is 11.8 Å². The number of nitrogens with one attached hydrogen (secondary N) is 2. The van der Waals surface area contributed by atoms with Crippen LogP contribution >= 0.6 is 0 Å². The van der Waals surface area contributed by atoms with Crippen molar-refractivity contribution >= 4 is 21.6 Å². The van der Waals surface area contributed by atoms with Gasteiger partial charge < -0.3 is 14.6 Å². The largest absolute Gasteiger partial charge is 0.488 e. The maximum Gasteiger partial charge on any atom is 0.276 e. The minimum absolute atomic E-state index is 0.00925. The summed E-state index contributed by atoms with van der Waals surface area (Å²) in [5.41, 5.74) is -0.973. The van der Waals surface area contributed by atoms with E-state index in [0.29, 0.717) is 6.42 Å². The van der Waals surface area contributed by atoms with Gasteiger partial charge in [0.25, 0.3) is 5.91 Å². The van der Waals surface area contributed by atoms with Gasteiger partial charge in [-0.05, 0) is 31.5 Å². The molecule has 1 aliphatic heterocycles. The van der Waals surface area contributed by atoms with Gasteiger partial charge >= 0.3 is 0 Å². The van der Waals surface area contributed by atoms with E-state index in [1.165, 1.54) is 29.9 Å². The predicted octanol–water partition coefficient (Wildman–Crippen LogP) is 2.29. The average molecular weight is 418 g/mol. The molecule has 3 rings (SSSR count). The monoisotopic (exact) mass is 418 g/mol. The van der Waals surface area contributed by atoms with Crippen LogP contribution in [0.2, 0.25) is 0 Å². The van der Waals surface area contributed by atoms with E-state index in [4.69, 9.17) is 10.00 Å². The normalized spacial score (nSPS) is 19.9. The van der Waals surface area contributed by atoms with Gasteiger partial charge in [0.15, 0.2) is 11.4 Å². The quantitative estimate of drug-likeness (QED) is 0.740. The van der Waals surface area contributed by atoms with Crippen molar-refractivity contribution in [2.75, 3.05) is 11.9 Å². The molecule has 0 bridgehead atoms. The zero-order valence-electron chi connectivity index (χ0n) is 15.8. The summed E-state index contributed by atoms with van der Waals surface area (Å²) in [6.07, 6.45) is 3.20. The molecule has 0 saturated heterocycles. The Morgan fingerprint density at radius 3 is 2.93 bits per heavy atom. The number of aryl methyl sites for hydroxylation is 1. The summed E-state index contributed by atoms with van der Waals surface area (Å²) >= 11 is 0. The second-order valence-electron chi connectivity index (χ2n) is 6.99. The molecule has 2 aromatic rings. The summed E-state index contributed by atoms with van der Waals surface area (Å²) < 4.78 is 48.8. The van der Waals surface area contributed by atoms with Crippen molar-refractivity contribution in [1.29, 1.82) is 5.26 Å². The van der Waals surface area contributed by atoms with E-state index in [1.807, 2.05) is 0 Å². The van der Waals surface area contributed by atoms with Crippen LogP contribution in [0.4, 0.5) is 10.1 Å². The molecule has 152 valence electrons. The molecule has 1 aromatic carbocycles. The fourth-order valence-electron chi connectivity index (χ4n) is 3.11. The fourth-order valence-corrected chi connectivity index (χ4v) is 4.71. The lowest BCUT2D eigenvalue weighted by molar-refractivity contribution is 0.101. The Morgan fingerprint density at radius 1 is 1.55 bits per heavy atom. The van der Waals surface area contributed by atoms with Crippen LogP contribution in [0.25, 0.3) is 0 Å². The third kappa shape index (κ3) is 3.87. The number of halogens is 1. The molecule has 1 aliphatic rings. The third-order valence-corrected chi connectivity index (χ3v) is 6.09.